The molecule has 0 radical (unpaired) electrons. The molecule has 0 atom stereocenters. The zero-order valence-corrected chi connectivity index (χ0v) is 11.7. The van der Waals surface area contributed by atoms with Gasteiger partial charge in [-0.3, -0.25) is 4.90 Å². The molecule has 2 heterocycles. The van der Waals surface area contributed by atoms with Crippen LogP contribution in [0.5, 0.6) is 0 Å². The SMILES string of the molecule is CC1=C(N)ONN1N1CCN(Cc2ccccc2)CC1. The van der Waals surface area contributed by atoms with Gasteiger partial charge in [-0.2, -0.15) is 0 Å². The Morgan fingerprint density at radius 1 is 1.15 bits per heavy atom. The first kappa shape index (κ1) is 13.2. The van der Waals surface area contributed by atoms with Crippen LogP contribution in [0.3, 0.4) is 0 Å². The van der Waals surface area contributed by atoms with Gasteiger partial charge in [-0.25, -0.2) is 10.1 Å². The van der Waals surface area contributed by atoms with Gasteiger partial charge in [0.15, 0.2) is 0 Å². The molecule has 2 aliphatic rings. The highest BCUT2D eigenvalue weighted by Gasteiger charge is 2.27. The van der Waals surface area contributed by atoms with E-state index in [-0.39, 0.29) is 0 Å². The summed E-state index contributed by atoms with van der Waals surface area (Å²) in [5, 5.41) is 4.12. The zero-order valence-electron chi connectivity index (χ0n) is 11.7. The number of benzene rings is 1. The lowest BCUT2D eigenvalue weighted by atomic mass is 10.2. The van der Waals surface area contributed by atoms with Gasteiger partial charge in [-0.05, 0) is 18.1 Å². The van der Waals surface area contributed by atoms with Gasteiger partial charge in [0.2, 0.25) is 5.88 Å². The summed E-state index contributed by atoms with van der Waals surface area (Å²) in [5.74, 6) is 0.441. The molecule has 1 aromatic carbocycles. The van der Waals surface area contributed by atoms with E-state index in [9.17, 15) is 0 Å². The standard InChI is InChI=1S/C14H21N5O/c1-12-14(15)20-16-19(12)18-9-7-17(8-10-18)11-13-5-3-2-4-6-13/h2-6,16H,7-11,15H2,1H3. The maximum Gasteiger partial charge on any atom is 0.234 e. The van der Waals surface area contributed by atoms with Gasteiger partial charge in [-0.15, -0.1) is 0 Å². The summed E-state index contributed by atoms with van der Waals surface area (Å²) in [7, 11) is 0. The third-order valence-corrected chi connectivity index (χ3v) is 3.80. The molecule has 0 saturated carbocycles. The van der Waals surface area contributed by atoms with E-state index in [0.717, 1.165) is 38.4 Å². The van der Waals surface area contributed by atoms with Gasteiger partial charge in [0.25, 0.3) is 0 Å². The van der Waals surface area contributed by atoms with Crippen LogP contribution < -0.4 is 11.3 Å². The van der Waals surface area contributed by atoms with Crippen molar-refractivity contribution in [3.63, 3.8) is 0 Å². The van der Waals surface area contributed by atoms with Gasteiger partial charge in [0.05, 0.1) is 0 Å². The molecule has 0 amide bonds. The van der Waals surface area contributed by atoms with Gasteiger partial charge in [0, 0.05) is 32.7 Å². The van der Waals surface area contributed by atoms with Crippen molar-refractivity contribution in [3.05, 3.63) is 47.5 Å². The monoisotopic (exact) mass is 275 g/mol. The van der Waals surface area contributed by atoms with Crippen LogP contribution >= 0.6 is 0 Å². The van der Waals surface area contributed by atoms with E-state index in [2.05, 4.69) is 45.8 Å². The summed E-state index contributed by atoms with van der Waals surface area (Å²) in [6, 6.07) is 10.6. The number of nitrogens with two attached hydrogens (primary N) is 1. The second kappa shape index (κ2) is 5.70. The average Bonchev–Trinajstić information content (AvgIpc) is 2.81. The molecular weight excluding hydrogens is 254 g/mol. The highest BCUT2D eigenvalue weighted by atomic mass is 16.7. The summed E-state index contributed by atoms with van der Waals surface area (Å²) in [4.78, 5) is 7.59. The first-order chi connectivity index (χ1) is 9.74. The normalized spacial score (nSPS) is 21.4. The molecule has 1 fully saturated rings. The smallest absolute Gasteiger partial charge is 0.234 e. The lowest BCUT2D eigenvalue weighted by Gasteiger charge is -2.39. The predicted molar refractivity (Wildman–Crippen MR) is 76.2 cm³/mol. The molecule has 0 aromatic heterocycles. The summed E-state index contributed by atoms with van der Waals surface area (Å²) in [6.45, 7) is 6.92. The highest BCUT2D eigenvalue weighted by molar-refractivity contribution is 5.14. The zero-order chi connectivity index (χ0) is 13.9. The van der Waals surface area contributed by atoms with Crippen LogP contribution in [-0.2, 0) is 11.4 Å². The highest BCUT2D eigenvalue weighted by Crippen LogP contribution is 2.17. The lowest BCUT2D eigenvalue weighted by molar-refractivity contribution is -0.130. The Hall–Kier alpha value is -1.76. The number of hydrogen-bond donors (Lipinski definition) is 2. The maximum absolute atomic E-state index is 5.72. The van der Waals surface area contributed by atoms with Crippen molar-refractivity contribution < 1.29 is 4.84 Å². The van der Waals surface area contributed by atoms with Crippen LogP contribution in [0.15, 0.2) is 41.9 Å². The molecule has 0 aliphatic carbocycles. The third kappa shape index (κ3) is 2.72. The topological polar surface area (TPSA) is 57.0 Å². The number of hydrogen-bond acceptors (Lipinski definition) is 6. The molecule has 2 aliphatic heterocycles. The Morgan fingerprint density at radius 2 is 1.85 bits per heavy atom. The molecule has 1 aromatic rings. The average molecular weight is 275 g/mol. The molecule has 3 rings (SSSR count). The van der Waals surface area contributed by atoms with Crippen molar-refractivity contribution in [3.8, 4) is 0 Å². The minimum Gasteiger partial charge on any atom is -0.368 e. The van der Waals surface area contributed by atoms with Gasteiger partial charge >= 0.3 is 0 Å². The quantitative estimate of drug-likeness (QED) is 0.843. The minimum atomic E-state index is 0.441. The number of rotatable bonds is 3. The molecule has 1 saturated heterocycles. The van der Waals surface area contributed by atoms with Gasteiger partial charge < -0.3 is 10.6 Å². The molecule has 3 N–H and O–H groups in total. The summed E-state index contributed by atoms with van der Waals surface area (Å²) >= 11 is 0. The second-order valence-electron chi connectivity index (χ2n) is 5.17. The first-order valence-corrected chi connectivity index (χ1v) is 6.94. The number of hydrazine groups is 2. The second-order valence-corrected chi connectivity index (χ2v) is 5.17. The van der Waals surface area contributed by atoms with E-state index < -0.39 is 0 Å². The largest absolute Gasteiger partial charge is 0.368 e. The van der Waals surface area contributed by atoms with Crippen LogP contribution in [0.25, 0.3) is 0 Å². The van der Waals surface area contributed by atoms with Crippen LogP contribution in [0, 0.1) is 0 Å². The molecule has 0 spiro atoms. The summed E-state index contributed by atoms with van der Waals surface area (Å²) in [6.07, 6.45) is 0. The Morgan fingerprint density at radius 3 is 2.45 bits per heavy atom. The van der Waals surface area contributed by atoms with E-state index in [1.54, 1.807) is 0 Å². The van der Waals surface area contributed by atoms with E-state index in [1.807, 2.05) is 12.0 Å². The predicted octanol–water partition coefficient (Wildman–Crippen LogP) is 0.619. The van der Waals surface area contributed by atoms with E-state index in [4.69, 9.17) is 10.6 Å². The maximum atomic E-state index is 5.72. The number of piperazine rings is 1. The molecule has 0 unspecified atom stereocenters. The van der Waals surface area contributed by atoms with Crippen molar-refractivity contribution in [2.45, 2.75) is 13.5 Å². The lowest BCUT2D eigenvalue weighted by Crippen LogP contribution is -2.55. The number of allylic oxidation sites excluding steroid dienone is 1. The molecular formula is C14H21N5O. The van der Waals surface area contributed by atoms with Gasteiger partial charge in [0.1, 0.15) is 5.70 Å². The molecule has 6 heteroatoms. The molecule has 0 bridgehead atoms. The van der Waals surface area contributed by atoms with Crippen molar-refractivity contribution in [1.29, 1.82) is 0 Å². The van der Waals surface area contributed by atoms with Crippen LogP contribution in [0.2, 0.25) is 0 Å². The summed E-state index contributed by atoms with van der Waals surface area (Å²) in [5.41, 5.74) is 10.8. The Balaban J connectivity index is 1.53. The fourth-order valence-corrected chi connectivity index (χ4v) is 2.55. The van der Waals surface area contributed by atoms with E-state index >= 15 is 0 Å². The van der Waals surface area contributed by atoms with Crippen LogP contribution in [0.4, 0.5) is 0 Å². The van der Waals surface area contributed by atoms with E-state index in [0.29, 0.717) is 5.88 Å². The summed E-state index contributed by atoms with van der Waals surface area (Å²) < 4.78 is 0. The van der Waals surface area contributed by atoms with Crippen molar-refractivity contribution >= 4 is 0 Å². The van der Waals surface area contributed by atoms with Crippen molar-refractivity contribution in [1.82, 2.24) is 20.6 Å². The minimum absolute atomic E-state index is 0.441. The number of nitrogens with zero attached hydrogens (tertiary/aromatic N) is 3. The Bertz CT molecular complexity index is 482. The Kier molecular flexibility index (Phi) is 3.77. The molecule has 20 heavy (non-hydrogen) atoms. The van der Waals surface area contributed by atoms with Gasteiger partial charge in [-0.1, -0.05) is 30.3 Å². The molecule has 6 nitrogen and oxygen atoms in total. The third-order valence-electron chi connectivity index (χ3n) is 3.80. The fourth-order valence-electron chi connectivity index (χ4n) is 2.55. The number of nitrogens with one attached hydrogen (secondary N) is 1. The Labute approximate surface area is 119 Å². The van der Waals surface area contributed by atoms with Crippen LogP contribution in [-0.4, -0.2) is 41.2 Å². The first-order valence-electron chi connectivity index (χ1n) is 6.94. The van der Waals surface area contributed by atoms with Crippen LogP contribution in [0.1, 0.15) is 12.5 Å². The molecule has 108 valence electrons. The fraction of sp³-hybridized carbons (Fsp3) is 0.429. The van der Waals surface area contributed by atoms with E-state index in [1.165, 1.54) is 5.56 Å². The van der Waals surface area contributed by atoms with Crippen molar-refractivity contribution in [2.75, 3.05) is 26.2 Å². The van der Waals surface area contributed by atoms with Crippen molar-refractivity contribution in [2.24, 2.45) is 5.73 Å².